The smallest absolute Gasteiger partial charge is 0.462 e. The van der Waals surface area contributed by atoms with Crippen LogP contribution in [0.1, 0.15) is 22.8 Å². The average Bonchev–Trinajstić information content (AvgIpc) is 2.74. The van der Waals surface area contributed by atoms with Crippen molar-refractivity contribution in [1.29, 1.82) is 0 Å². The zero-order valence-corrected chi connectivity index (χ0v) is 17.4. The van der Waals surface area contributed by atoms with Gasteiger partial charge in [-0.1, -0.05) is 30.3 Å². The van der Waals surface area contributed by atoms with E-state index in [0.717, 1.165) is 5.56 Å². The van der Waals surface area contributed by atoms with Gasteiger partial charge in [0.1, 0.15) is 0 Å². The van der Waals surface area contributed by atoms with E-state index in [9.17, 15) is 14.2 Å². The molecule has 1 atom stereocenters. The van der Waals surface area contributed by atoms with Gasteiger partial charge in [-0.2, -0.15) is 0 Å². The van der Waals surface area contributed by atoms with E-state index in [4.69, 9.17) is 18.3 Å². The Morgan fingerprint density at radius 2 is 1.62 bits per heavy atom. The van der Waals surface area contributed by atoms with Gasteiger partial charge in [-0.3, -0.25) is 18.4 Å². The van der Waals surface area contributed by atoms with Crippen LogP contribution in [0.15, 0.2) is 54.6 Å². The van der Waals surface area contributed by atoms with Gasteiger partial charge in [-0.25, -0.2) is 9.36 Å². The molecule has 0 saturated heterocycles. The van der Waals surface area contributed by atoms with Crippen molar-refractivity contribution in [2.45, 2.75) is 19.4 Å². The molecule has 0 aliphatic rings. The molecule has 0 aliphatic carbocycles. The zero-order chi connectivity index (χ0) is 21.3. The lowest BCUT2D eigenvalue weighted by Crippen LogP contribution is -2.32. The van der Waals surface area contributed by atoms with E-state index in [1.807, 2.05) is 30.3 Å². The summed E-state index contributed by atoms with van der Waals surface area (Å²) < 4.78 is 32.3. The number of phosphoric ester groups is 1. The maximum absolute atomic E-state index is 12.8. The SMILES string of the molecule is CCOC(=O)c1ccc(NC(=O)[C@H](Cc2ccccc2)OP(=O)(OC)OC)cc1. The Bertz CT molecular complexity index is 847. The number of hydrogen-bond donors (Lipinski definition) is 1. The molecule has 0 bridgehead atoms. The van der Waals surface area contributed by atoms with Crippen LogP contribution in [0.3, 0.4) is 0 Å². The van der Waals surface area contributed by atoms with Crippen molar-refractivity contribution in [3.8, 4) is 0 Å². The molecule has 29 heavy (non-hydrogen) atoms. The highest BCUT2D eigenvalue weighted by Gasteiger charge is 2.32. The van der Waals surface area contributed by atoms with Crippen LogP contribution in [0.2, 0.25) is 0 Å². The molecule has 0 saturated carbocycles. The molecule has 2 aromatic carbocycles. The van der Waals surface area contributed by atoms with Crippen LogP contribution < -0.4 is 5.32 Å². The molecule has 2 rings (SSSR count). The van der Waals surface area contributed by atoms with Crippen LogP contribution in [0, 0.1) is 0 Å². The standard InChI is InChI=1S/C20H24NO7P/c1-4-27-20(23)16-10-12-17(13-11-16)21-19(22)18(28-29(24,25-2)26-3)14-15-8-6-5-7-9-15/h5-13,18H,4,14H2,1-3H3,(H,21,22)/t18-/m0/s1. The summed E-state index contributed by atoms with van der Waals surface area (Å²) in [4.78, 5) is 24.5. The van der Waals surface area contributed by atoms with Gasteiger partial charge >= 0.3 is 13.8 Å². The Labute approximate surface area is 169 Å². The summed E-state index contributed by atoms with van der Waals surface area (Å²) in [5.41, 5.74) is 1.61. The topological polar surface area (TPSA) is 100 Å². The summed E-state index contributed by atoms with van der Waals surface area (Å²) in [7, 11) is -1.53. The monoisotopic (exact) mass is 421 g/mol. The first-order valence-corrected chi connectivity index (χ1v) is 10.4. The fraction of sp³-hybridized carbons (Fsp3) is 0.300. The van der Waals surface area contributed by atoms with Gasteiger partial charge in [-0.15, -0.1) is 0 Å². The number of nitrogens with one attached hydrogen (secondary N) is 1. The number of carbonyl (C=O) groups is 2. The molecule has 1 N–H and O–H groups in total. The van der Waals surface area contributed by atoms with Crippen molar-refractivity contribution in [3.05, 3.63) is 65.7 Å². The third kappa shape index (κ3) is 6.80. The van der Waals surface area contributed by atoms with E-state index in [-0.39, 0.29) is 13.0 Å². The van der Waals surface area contributed by atoms with Gasteiger partial charge in [0.05, 0.1) is 12.2 Å². The second kappa shape index (κ2) is 10.9. The first kappa shape index (κ1) is 22.8. The second-order valence-electron chi connectivity index (χ2n) is 5.88. The van der Waals surface area contributed by atoms with Crippen molar-refractivity contribution in [2.75, 3.05) is 26.1 Å². The van der Waals surface area contributed by atoms with Crippen molar-refractivity contribution in [1.82, 2.24) is 0 Å². The van der Waals surface area contributed by atoms with Crippen LogP contribution in [-0.4, -0.2) is 38.8 Å². The molecule has 1 amide bonds. The van der Waals surface area contributed by atoms with Crippen molar-refractivity contribution in [3.63, 3.8) is 0 Å². The van der Waals surface area contributed by atoms with Crippen LogP contribution in [0.25, 0.3) is 0 Å². The van der Waals surface area contributed by atoms with E-state index < -0.39 is 25.8 Å². The highest BCUT2D eigenvalue weighted by Crippen LogP contribution is 2.49. The summed E-state index contributed by atoms with van der Waals surface area (Å²) in [5, 5.41) is 2.68. The summed E-state index contributed by atoms with van der Waals surface area (Å²) in [6, 6.07) is 15.3. The maximum Gasteiger partial charge on any atom is 0.475 e. The lowest BCUT2D eigenvalue weighted by Gasteiger charge is -2.21. The number of rotatable bonds is 10. The Morgan fingerprint density at radius 1 is 1.00 bits per heavy atom. The Hall–Kier alpha value is -2.51. The fourth-order valence-electron chi connectivity index (χ4n) is 2.45. The van der Waals surface area contributed by atoms with Gasteiger partial charge in [0.25, 0.3) is 5.91 Å². The molecule has 0 aromatic heterocycles. The van der Waals surface area contributed by atoms with Crippen molar-refractivity contribution >= 4 is 25.4 Å². The molecule has 0 fully saturated rings. The minimum atomic E-state index is -3.88. The molecule has 156 valence electrons. The predicted octanol–water partition coefficient (Wildman–Crippen LogP) is 3.83. The molecule has 0 radical (unpaired) electrons. The normalized spacial score (nSPS) is 12.2. The molecular formula is C20H24NO7P. The number of anilines is 1. The first-order chi connectivity index (χ1) is 13.9. The lowest BCUT2D eigenvalue weighted by atomic mass is 10.1. The van der Waals surface area contributed by atoms with E-state index in [1.165, 1.54) is 26.4 Å². The summed E-state index contributed by atoms with van der Waals surface area (Å²) >= 11 is 0. The van der Waals surface area contributed by atoms with Gasteiger partial charge in [0.2, 0.25) is 0 Å². The molecular weight excluding hydrogens is 397 g/mol. The number of esters is 1. The van der Waals surface area contributed by atoms with Gasteiger partial charge in [-0.05, 0) is 36.8 Å². The second-order valence-corrected chi connectivity index (χ2v) is 7.72. The van der Waals surface area contributed by atoms with E-state index in [0.29, 0.717) is 11.3 Å². The lowest BCUT2D eigenvalue weighted by molar-refractivity contribution is -0.123. The molecule has 2 aromatic rings. The van der Waals surface area contributed by atoms with Crippen molar-refractivity contribution < 1.29 is 32.5 Å². The Balaban J connectivity index is 2.15. The highest BCUT2D eigenvalue weighted by molar-refractivity contribution is 7.48. The number of hydrogen-bond acceptors (Lipinski definition) is 7. The first-order valence-electron chi connectivity index (χ1n) is 8.92. The maximum atomic E-state index is 12.8. The Morgan fingerprint density at radius 3 is 2.17 bits per heavy atom. The molecule has 0 heterocycles. The minimum Gasteiger partial charge on any atom is -0.462 e. The zero-order valence-electron chi connectivity index (χ0n) is 16.5. The van der Waals surface area contributed by atoms with Crippen LogP contribution in [0.5, 0.6) is 0 Å². The molecule has 0 aliphatic heterocycles. The van der Waals surface area contributed by atoms with Crippen molar-refractivity contribution in [2.24, 2.45) is 0 Å². The summed E-state index contributed by atoms with van der Waals surface area (Å²) in [6.07, 6.45) is -0.975. The minimum absolute atomic E-state index is 0.157. The fourth-order valence-corrected chi connectivity index (χ4v) is 3.25. The third-order valence-electron chi connectivity index (χ3n) is 3.92. The number of benzene rings is 2. The largest absolute Gasteiger partial charge is 0.475 e. The summed E-state index contributed by atoms with van der Waals surface area (Å²) in [6.45, 7) is 1.99. The highest BCUT2D eigenvalue weighted by atomic mass is 31.2. The predicted molar refractivity (Wildman–Crippen MR) is 108 cm³/mol. The Kier molecular flexibility index (Phi) is 8.54. The summed E-state index contributed by atoms with van der Waals surface area (Å²) in [5.74, 6) is -0.983. The number of amides is 1. The van der Waals surface area contributed by atoms with E-state index in [1.54, 1.807) is 19.1 Å². The molecule has 0 unspecified atom stereocenters. The van der Waals surface area contributed by atoms with Crippen LogP contribution >= 0.6 is 7.82 Å². The third-order valence-corrected chi connectivity index (χ3v) is 5.33. The van der Waals surface area contributed by atoms with E-state index >= 15 is 0 Å². The quantitative estimate of drug-likeness (QED) is 0.460. The molecule has 0 spiro atoms. The number of ether oxygens (including phenoxy) is 1. The van der Waals surface area contributed by atoms with E-state index in [2.05, 4.69) is 5.32 Å². The average molecular weight is 421 g/mol. The molecule has 8 nitrogen and oxygen atoms in total. The van der Waals surface area contributed by atoms with Crippen LogP contribution in [-0.2, 0) is 34.1 Å². The number of carbonyl (C=O) groups excluding carboxylic acids is 2. The molecule has 9 heteroatoms. The van der Waals surface area contributed by atoms with Gasteiger partial charge in [0.15, 0.2) is 6.10 Å². The van der Waals surface area contributed by atoms with Gasteiger partial charge < -0.3 is 10.1 Å². The van der Waals surface area contributed by atoms with Crippen LogP contribution in [0.4, 0.5) is 5.69 Å². The number of phosphoric acid groups is 1. The van der Waals surface area contributed by atoms with Gasteiger partial charge in [0, 0.05) is 26.3 Å².